The lowest BCUT2D eigenvalue weighted by Crippen LogP contribution is -2.23. The van der Waals surface area contributed by atoms with Crippen molar-refractivity contribution in [2.75, 3.05) is 11.9 Å². The van der Waals surface area contributed by atoms with E-state index < -0.39 is 0 Å². The third kappa shape index (κ3) is 2.71. The van der Waals surface area contributed by atoms with Gasteiger partial charge in [0.1, 0.15) is 11.9 Å². The van der Waals surface area contributed by atoms with Crippen LogP contribution in [0.15, 0.2) is 42.5 Å². The fraction of sp³-hybridized carbons (Fsp3) is 0.188. The summed E-state index contributed by atoms with van der Waals surface area (Å²) in [6.07, 6.45) is 0.940. The fourth-order valence-electron chi connectivity index (χ4n) is 2.33. The van der Waals surface area contributed by atoms with Crippen molar-refractivity contribution in [2.45, 2.75) is 12.5 Å². The lowest BCUT2D eigenvalue weighted by atomic mass is 10.1. The number of hydrogen-bond acceptors (Lipinski definition) is 3. The normalized spacial score (nSPS) is 16.1. The molecule has 0 spiro atoms. The van der Waals surface area contributed by atoms with Crippen LogP contribution < -0.4 is 10.1 Å². The zero-order valence-electron chi connectivity index (χ0n) is 10.8. The Balaban J connectivity index is 1.62. The number of rotatable bonds is 3. The minimum atomic E-state index is 0.0919. The Morgan fingerprint density at radius 1 is 1.30 bits per heavy atom. The van der Waals surface area contributed by atoms with E-state index in [0.29, 0.717) is 12.1 Å². The molecule has 1 N–H and O–H groups in total. The summed E-state index contributed by atoms with van der Waals surface area (Å²) in [5, 5.41) is 12.9. The van der Waals surface area contributed by atoms with Crippen LogP contribution in [0.4, 0.5) is 5.69 Å². The average molecular weight is 285 g/mol. The Morgan fingerprint density at radius 3 is 3.05 bits per heavy atom. The Hall–Kier alpha value is -2.18. The molecule has 100 valence electrons. The number of nitriles is 1. The molecule has 0 amide bonds. The number of halogens is 1. The Bertz CT molecular complexity index is 678. The lowest BCUT2D eigenvalue weighted by Gasteiger charge is -2.13. The minimum absolute atomic E-state index is 0.0919. The van der Waals surface area contributed by atoms with E-state index in [1.165, 1.54) is 0 Å². The highest BCUT2D eigenvalue weighted by molar-refractivity contribution is 6.30. The third-order valence-electron chi connectivity index (χ3n) is 3.29. The molecule has 4 heteroatoms. The van der Waals surface area contributed by atoms with Gasteiger partial charge in [0, 0.05) is 17.1 Å². The van der Waals surface area contributed by atoms with Crippen molar-refractivity contribution in [3.8, 4) is 11.8 Å². The summed E-state index contributed by atoms with van der Waals surface area (Å²) < 4.78 is 5.85. The van der Waals surface area contributed by atoms with Gasteiger partial charge in [0.2, 0.25) is 0 Å². The number of ether oxygens (including phenoxy) is 1. The quantitative estimate of drug-likeness (QED) is 0.936. The van der Waals surface area contributed by atoms with Gasteiger partial charge in [-0.05, 0) is 42.0 Å². The van der Waals surface area contributed by atoms with Gasteiger partial charge in [0.05, 0.1) is 18.2 Å². The summed E-state index contributed by atoms with van der Waals surface area (Å²) >= 11 is 5.98. The van der Waals surface area contributed by atoms with Gasteiger partial charge in [-0.15, -0.1) is 0 Å². The summed E-state index contributed by atoms with van der Waals surface area (Å²) in [7, 11) is 0. The molecular weight excluding hydrogens is 272 g/mol. The van der Waals surface area contributed by atoms with E-state index in [1.54, 1.807) is 6.07 Å². The predicted molar refractivity (Wildman–Crippen MR) is 79.2 cm³/mol. The molecule has 0 bridgehead atoms. The van der Waals surface area contributed by atoms with E-state index in [9.17, 15) is 0 Å². The highest BCUT2D eigenvalue weighted by atomic mass is 35.5. The van der Waals surface area contributed by atoms with Gasteiger partial charge in [-0.1, -0.05) is 17.7 Å². The molecule has 0 saturated heterocycles. The number of hydrogen-bond donors (Lipinski definition) is 1. The SMILES string of the molecule is N#Cc1cccc(NCC2Cc3cc(Cl)ccc3O2)c1. The molecule has 0 fully saturated rings. The molecule has 2 aromatic rings. The van der Waals surface area contributed by atoms with Crippen LogP contribution in [0.25, 0.3) is 0 Å². The fourth-order valence-corrected chi connectivity index (χ4v) is 2.53. The van der Waals surface area contributed by atoms with Crippen molar-refractivity contribution in [1.29, 1.82) is 5.26 Å². The van der Waals surface area contributed by atoms with Crippen molar-refractivity contribution < 1.29 is 4.74 Å². The molecule has 2 aromatic carbocycles. The average Bonchev–Trinajstić information content (AvgIpc) is 2.87. The van der Waals surface area contributed by atoms with E-state index in [2.05, 4.69) is 11.4 Å². The van der Waals surface area contributed by atoms with Crippen LogP contribution in [-0.2, 0) is 6.42 Å². The van der Waals surface area contributed by atoms with Gasteiger partial charge in [-0.3, -0.25) is 0 Å². The van der Waals surface area contributed by atoms with Gasteiger partial charge >= 0.3 is 0 Å². The van der Waals surface area contributed by atoms with Crippen LogP contribution >= 0.6 is 11.6 Å². The smallest absolute Gasteiger partial charge is 0.123 e. The monoisotopic (exact) mass is 284 g/mol. The van der Waals surface area contributed by atoms with E-state index in [1.807, 2.05) is 36.4 Å². The second kappa shape index (κ2) is 5.44. The second-order valence-corrected chi connectivity index (χ2v) is 5.21. The first-order valence-electron chi connectivity index (χ1n) is 6.44. The van der Waals surface area contributed by atoms with Crippen LogP contribution in [-0.4, -0.2) is 12.6 Å². The van der Waals surface area contributed by atoms with Crippen LogP contribution in [0.5, 0.6) is 5.75 Å². The zero-order chi connectivity index (χ0) is 13.9. The maximum absolute atomic E-state index is 8.87. The number of nitrogens with one attached hydrogen (secondary N) is 1. The summed E-state index contributed by atoms with van der Waals surface area (Å²) in [5.74, 6) is 0.909. The third-order valence-corrected chi connectivity index (χ3v) is 3.52. The van der Waals surface area contributed by atoms with Crippen LogP contribution in [0.3, 0.4) is 0 Å². The first-order valence-corrected chi connectivity index (χ1v) is 6.81. The van der Waals surface area contributed by atoms with Crippen LogP contribution in [0.2, 0.25) is 5.02 Å². The number of fused-ring (bicyclic) bond motifs is 1. The molecule has 0 radical (unpaired) electrons. The summed E-state index contributed by atoms with van der Waals surface area (Å²) in [4.78, 5) is 0. The Labute approximate surface area is 122 Å². The Kier molecular flexibility index (Phi) is 3.49. The molecule has 1 heterocycles. The topological polar surface area (TPSA) is 45.0 Å². The van der Waals surface area contributed by atoms with Crippen molar-refractivity contribution >= 4 is 17.3 Å². The molecule has 0 aliphatic carbocycles. The molecule has 0 aromatic heterocycles. The predicted octanol–water partition coefficient (Wildman–Crippen LogP) is 3.63. The zero-order valence-corrected chi connectivity index (χ0v) is 11.5. The van der Waals surface area contributed by atoms with Gasteiger partial charge < -0.3 is 10.1 Å². The van der Waals surface area contributed by atoms with E-state index >= 15 is 0 Å². The van der Waals surface area contributed by atoms with Gasteiger partial charge in [-0.2, -0.15) is 5.26 Å². The standard InChI is InChI=1S/C16H13ClN2O/c17-13-4-5-16-12(7-13)8-15(20-16)10-19-14-3-1-2-11(6-14)9-18/h1-7,15,19H,8,10H2. The summed E-state index contributed by atoms with van der Waals surface area (Å²) in [5.41, 5.74) is 2.73. The van der Waals surface area contributed by atoms with Gasteiger partial charge in [-0.25, -0.2) is 0 Å². The van der Waals surface area contributed by atoms with Gasteiger partial charge in [0.15, 0.2) is 0 Å². The Morgan fingerprint density at radius 2 is 2.20 bits per heavy atom. The first-order chi connectivity index (χ1) is 9.74. The van der Waals surface area contributed by atoms with Crippen molar-refractivity contribution in [1.82, 2.24) is 0 Å². The van der Waals surface area contributed by atoms with Gasteiger partial charge in [0.25, 0.3) is 0 Å². The highest BCUT2D eigenvalue weighted by Gasteiger charge is 2.22. The van der Waals surface area contributed by atoms with Crippen molar-refractivity contribution in [3.63, 3.8) is 0 Å². The molecule has 1 atom stereocenters. The molecule has 1 aliphatic rings. The number of benzene rings is 2. The molecule has 20 heavy (non-hydrogen) atoms. The largest absolute Gasteiger partial charge is 0.488 e. The van der Waals surface area contributed by atoms with Crippen molar-refractivity contribution in [2.24, 2.45) is 0 Å². The highest BCUT2D eigenvalue weighted by Crippen LogP contribution is 2.31. The molecule has 0 saturated carbocycles. The molecule has 1 unspecified atom stereocenters. The maximum Gasteiger partial charge on any atom is 0.123 e. The van der Waals surface area contributed by atoms with E-state index in [0.717, 1.165) is 28.4 Å². The minimum Gasteiger partial charge on any atom is -0.488 e. The van der Waals surface area contributed by atoms with E-state index in [4.69, 9.17) is 21.6 Å². The molecule has 3 rings (SSSR count). The van der Waals surface area contributed by atoms with Crippen LogP contribution in [0, 0.1) is 11.3 Å². The number of nitrogens with zero attached hydrogens (tertiary/aromatic N) is 1. The van der Waals surface area contributed by atoms with Crippen molar-refractivity contribution in [3.05, 3.63) is 58.6 Å². The lowest BCUT2D eigenvalue weighted by molar-refractivity contribution is 0.246. The maximum atomic E-state index is 8.87. The molecule has 3 nitrogen and oxygen atoms in total. The summed E-state index contributed by atoms with van der Waals surface area (Å²) in [6.45, 7) is 0.696. The van der Waals surface area contributed by atoms with Crippen LogP contribution in [0.1, 0.15) is 11.1 Å². The second-order valence-electron chi connectivity index (χ2n) is 4.77. The molecular formula is C16H13ClN2O. The molecule has 1 aliphatic heterocycles. The first kappa shape index (κ1) is 12.8. The number of anilines is 1. The summed E-state index contributed by atoms with van der Waals surface area (Å²) in [6, 6.07) is 15.3. The van der Waals surface area contributed by atoms with E-state index in [-0.39, 0.29) is 6.10 Å².